The molecule has 0 spiro atoms. The van der Waals surface area contributed by atoms with Crippen molar-refractivity contribution in [2.24, 2.45) is 0 Å². The van der Waals surface area contributed by atoms with Crippen LogP contribution in [0.4, 0.5) is 5.69 Å². The first-order valence-corrected chi connectivity index (χ1v) is 9.68. The molecule has 144 valence electrons. The molecule has 0 radical (unpaired) electrons. The van der Waals surface area contributed by atoms with Crippen LogP contribution in [0.15, 0.2) is 30.3 Å². The Kier molecular flexibility index (Phi) is 4.71. The van der Waals surface area contributed by atoms with E-state index in [9.17, 15) is 4.79 Å². The van der Waals surface area contributed by atoms with Gasteiger partial charge in [-0.15, -0.1) is 5.10 Å². The molecule has 0 aliphatic heterocycles. The maximum atomic E-state index is 12.0. The van der Waals surface area contributed by atoms with Crippen LogP contribution in [-0.2, 0) is 6.54 Å². The molecule has 28 heavy (non-hydrogen) atoms. The van der Waals surface area contributed by atoms with Crippen LogP contribution >= 0.6 is 0 Å². The largest absolute Gasteiger partial charge is 0.381 e. The molecule has 0 atom stereocenters. The smallest absolute Gasteiger partial charge is 0.182 e. The second-order valence-electron chi connectivity index (χ2n) is 7.65. The summed E-state index contributed by atoms with van der Waals surface area (Å²) in [7, 11) is 0. The average molecular weight is 375 g/mol. The number of hydrogen-bond donors (Lipinski definition) is 1. The summed E-state index contributed by atoms with van der Waals surface area (Å²) >= 11 is 0. The number of aromatic nitrogens is 4. The second-order valence-corrected chi connectivity index (χ2v) is 7.65. The van der Waals surface area contributed by atoms with Crippen LogP contribution in [-0.4, -0.2) is 26.0 Å². The van der Waals surface area contributed by atoms with E-state index in [1.165, 1.54) is 11.1 Å². The Morgan fingerprint density at radius 1 is 1.14 bits per heavy atom. The minimum atomic E-state index is 0.119. The van der Waals surface area contributed by atoms with Crippen molar-refractivity contribution in [3.63, 3.8) is 0 Å². The van der Waals surface area contributed by atoms with E-state index in [4.69, 9.17) is 0 Å². The fraction of sp³-hybridized carbons (Fsp3) is 0.364. The van der Waals surface area contributed by atoms with Crippen LogP contribution in [0.5, 0.6) is 0 Å². The number of tetrazole rings is 1. The minimum absolute atomic E-state index is 0.119. The molecule has 1 aliphatic rings. The molecule has 0 saturated heterocycles. The third-order valence-electron chi connectivity index (χ3n) is 5.48. The van der Waals surface area contributed by atoms with Crippen LogP contribution in [0.3, 0.4) is 0 Å². The fourth-order valence-corrected chi connectivity index (χ4v) is 3.92. The lowest BCUT2D eigenvalue weighted by molar-refractivity contribution is 0.101. The first-order chi connectivity index (χ1) is 13.5. The number of ketones is 1. The molecule has 1 saturated carbocycles. The van der Waals surface area contributed by atoms with Crippen LogP contribution in [0.2, 0.25) is 0 Å². The Hall–Kier alpha value is -3.02. The SMILES string of the molecule is CC(=O)c1c(C)cc(C)c(CNc2ccc(-c3nnnn3C3CC3)cc2)c1C. The number of carbonyl (C=O) groups is 1. The van der Waals surface area contributed by atoms with Crippen LogP contribution in [0.25, 0.3) is 11.4 Å². The first-order valence-electron chi connectivity index (χ1n) is 9.68. The molecule has 1 heterocycles. The third-order valence-corrected chi connectivity index (χ3v) is 5.48. The van der Waals surface area contributed by atoms with E-state index in [2.05, 4.69) is 33.8 Å². The van der Waals surface area contributed by atoms with Crippen LogP contribution < -0.4 is 5.32 Å². The van der Waals surface area contributed by atoms with Gasteiger partial charge in [0.15, 0.2) is 11.6 Å². The highest BCUT2D eigenvalue weighted by molar-refractivity contribution is 5.97. The van der Waals surface area contributed by atoms with E-state index in [0.717, 1.165) is 46.6 Å². The summed E-state index contributed by atoms with van der Waals surface area (Å²) in [5.41, 5.74) is 7.37. The van der Waals surface area contributed by atoms with Crippen LogP contribution in [0, 0.1) is 20.8 Å². The minimum Gasteiger partial charge on any atom is -0.381 e. The maximum absolute atomic E-state index is 12.0. The van der Waals surface area contributed by atoms with Gasteiger partial charge in [-0.2, -0.15) is 0 Å². The summed E-state index contributed by atoms with van der Waals surface area (Å²) in [5.74, 6) is 0.944. The van der Waals surface area contributed by atoms with E-state index in [1.54, 1.807) is 6.92 Å². The molecule has 3 aromatic rings. The zero-order chi connectivity index (χ0) is 19.8. The Morgan fingerprint density at radius 2 is 1.86 bits per heavy atom. The fourth-order valence-electron chi connectivity index (χ4n) is 3.92. The van der Waals surface area contributed by atoms with Gasteiger partial charge in [-0.25, -0.2) is 4.68 Å². The predicted molar refractivity (Wildman–Crippen MR) is 110 cm³/mol. The third kappa shape index (κ3) is 3.42. The summed E-state index contributed by atoms with van der Waals surface area (Å²) in [6.07, 6.45) is 2.30. The number of anilines is 1. The number of nitrogens with zero attached hydrogens (tertiary/aromatic N) is 4. The van der Waals surface area contributed by atoms with Crippen molar-refractivity contribution in [3.8, 4) is 11.4 Å². The molecule has 2 aromatic carbocycles. The lowest BCUT2D eigenvalue weighted by Gasteiger charge is -2.17. The zero-order valence-corrected chi connectivity index (χ0v) is 16.8. The van der Waals surface area contributed by atoms with Crippen molar-refractivity contribution in [1.82, 2.24) is 20.2 Å². The lowest BCUT2D eigenvalue weighted by atomic mass is 9.91. The highest BCUT2D eigenvalue weighted by atomic mass is 16.1. The highest BCUT2D eigenvalue weighted by Gasteiger charge is 2.28. The molecular weight excluding hydrogens is 350 g/mol. The van der Waals surface area contributed by atoms with Gasteiger partial charge < -0.3 is 5.32 Å². The van der Waals surface area contributed by atoms with Crippen molar-refractivity contribution >= 4 is 11.5 Å². The second kappa shape index (κ2) is 7.19. The summed E-state index contributed by atoms with van der Waals surface area (Å²) in [6.45, 7) is 8.45. The number of hydrogen-bond acceptors (Lipinski definition) is 5. The maximum Gasteiger partial charge on any atom is 0.182 e. The monoisotopic (exact) mass is 375 g/mol. The van der Waals surface area contributed by atoms with Gasteiger partial charge in [0.2, 0.25) is 0 Å². The molecule has 1 fully saturated rings. The van der Waals surface area contributed by atoms with Crippen molar-refractivity contribution in [1.29, 1.82) is 0 Å². The number of Topliss-reactive ketones (excluding diaryl/α,β-unsaturated/α-hetero) is 1. The Morgan fingerprint density at radius 3 is 2.50 bits per heavy atom. The number of carbonyl (C=O) groups excluding carboxylic acids is 1. The van der Waals surface area contributed by atoms with Crippen LogP contribution in [0.1, 0.15) is 58.4 Å². The topological polar surface area (TPSA) is 72.7 Å². The van der Waals surface area contributed by atoms with Gasteiger partial charge in [-0.3, -0.25) is 4.79 Å². The first kappa shape index (κ1) is 18.3. The molecule has 0 bridgehead atoms. The van der Waals surface area contributed by atoms with E-state index in [1.807, 2.05) is 42.8 Å². The number of rotatable bonds is 6. The lowest BCUT2D eigenvalue weighted by Crippen LogP contribution is -2.09. The molecular formula is C22H25N5O. The molecule has 1 aliphatic carbocycles. The summed E-state index contributed by atoms with van der Waals surface area (Å²) in [5, 5.41) is 15.6. The standard InChI is InChI=1S/C22H25N5O/c1-13-11-14(2)21(16(4)28)15(3)20(13)12-23-18-7-5-17(6-8-18)22-24-25-26-27(22)19-9-10-19/h5-8,11,19,23H,9-10,12H2,1-4H3. The molecule has 6 heteroatoms. The predicted octanol–water partition coefficient (Wildman–Crippen LogP) is 4.41. The Labute approximate surface area is 165 Å². The van der Waals surface area contributed by atoms with Gasteiger partial charge in [0.1, 0.15) is 0 Å². The van der Waals surface area contributed by atoms with Gasteiger partial charge in [-0.1, -0.05) is 6.07 Å². The van der Waals surface area contributed by atoms with E-state index in [0.29, 0.717) is 12.6 Å². The van der Waals surface area contributed by atoms with Gasteiger partial charge >= 0.3 is 0 Å². The number of aryl methyl sites for hydroxylation is 2. The molecule has 0 amide bonds. The average Bonchev–Trinajstić information content (AvgIpc) is 3.38. The summed E-state index contributed by atoms with van der Waals surface area (Å²) < 4.78 is 1.92. The highest BCUT2D eigenvalue weighted by Crippen LogP contribution is 2.36. The van der Waals surface area contributed by atoms with Gasteiger partial charge in [0, 0.05) is 23.4 Å². The molecule has 1 N–H and O–H groups in total. The van der Waals surface area contributed by atoms with Gasteiger partial charge in [-0.05, 0) is 97.5 Å². The van der Waals surface area contributed by atoms with Gasteiger partial charge in [0.25, 0.3) is 0 Å². The Bertz CT molecular complexity index is 1030. The zero-order valence-electron chi connectivity index (χ0n) is 16.8. The Balaban J connectivity index is 1.52. The quantitative estimate of drug-likeness (QED) is 0.646. The number of benzene rings is 2. The van der Waals surface area contributed by atoms with E-state index >= 15 is 0 Å². The van der Waals surface area contributed by atoms with E-state index in [-0.39, 0.29) is 5.78 Å². The van der Waals surface area contributed by atoms with Crippen molar-refractivity contribution < 1.29 is 4.79 Å². The van der Waals surface area contributed by atoms with Gasteiger partial charge in [0.05, 0.1) is 6.04 Å². The van der Waals surface area contributed by atoms with Crippen molar-refractivity contribution in [3.05, 3.63) is 58.1 Å². The molecule has 1 aromatic heterocycles. The molecule has 0 unspecified atom stereocenters. The summed E-state index contributed by atoms with van der Waals surface area (Å²) in [6, 6.07) is 10.7. The van der Waals surface area contributed by atoms with Crippen molar-refractivity contribution in [2.75, 3.05) is 5.32 Å². The molecule has 4 rings (SSSR count). The van der Waals surface area contributed by atoms with E-state index < -0.39 is 0 Å². The molecule has 6 nitrogen and oxygen atoms in total. The summed E-state index contributed by atoms with van der Waals surface area (Å²) in [4.78, 5) is 12.0. The van der Waals surface area contributed by atoms with Crippen molar-refractivity contribution in [2.45, 2.75) is 53.1 Å². The number of nitrogens with one attached hydrogen (secondary N) is 1. The normalized spacial score (nSPS) is 13.6.